The van der Waals surface area contributed by atoms with Gasteiger partial charge in [-0.3, -0.25) is 9.69 Å². The first kappa shape index (κ1) is 24.2. The molecule has 0 aromatic heterocycles. The van der Waals surface area contributed by atoms with Gasteiger partial charge in [0.1, 0.15) is 0 Å². The third-order valence-corrected chi connectivity index (χ3v) is 6.73. The van der Waals surface area contributed by atoms with Crippen LogP contribution in [-0.4, -0.2) is 79.0 Å². The number of piperazine rings is 1. The molecule has 2 aromatic carbocycles. The Kier molecular flexibility index (Phi) is 8.93. The van der Waals surface area contributed by atoms with Gasteiger partial charge in [-0.05, 0) is 30.5 Å². The molecule has 7 heteroatoms. The second kappa shape index (κ2) is 12.5. The maximum Gasteiger partial charge on any atom is 0.315 e. The molecule has 1 atom stereocenters. The topological polar surface area (TPSA) is 67.9 Å². The Hall–Kier alpha value is -2.90. The number of rotatable bonds is 10. The molecule has 0 radical (unpaired) electrons. The molecule has 0 saturated carbocycles. The number of hydrogen-bond donors (Lipinski definition) is 2. The quantitative estimate of drug-likeness (QED) is 0.532. The molecule has 182 valence electrons. The van der Waals surface area contributed by atoms with Crippen molar-refractivity contribution in [1.82, 2.24) is 25.3 Å². The average Bonchev–Trinajstić information content (AvgIpc) is 3.28. The number of hydrogen-bond acceptors (Lipinski definition) is 4. The van der Waals surface area contributed by atoms with Gasteiger partial charge in [-0.1, -0.05) is 60.7 Å². The summed E-state index contributed by atoms with van der Waals surface area (Å²) in [5, 5.41) is 6.09. The van der Waals surface area contributed by atoms with E-state index in [0.29, 0.717) is 19.5 Å². The molecule has 0 spiro atoms. The number of likely N-dealkylation sites (tertiary alicyclic amines) is 1. The highest BCUT2D eigenvalue weighted by molar-refractivity contribution is 5.78. The maximum absolute atomic E-state index is 12.6. The van der Waals surface area contributed by atoms with Gasteiger partial charge < -0.3 is 20.4 Å². The van der Waals surface area contributed by atoms with Gasteiger partial charge in [-0.15, -0.1) is 0 Å². The summed E-state index contributed by atoms with van der Waals surface area (Å²) in [5.74, 6) is 0.173. The maximum atomic E-state index is 12.6. The highest BCUT2D eigenvalue weighted by atomic mass is 16.2. The van der Waals surface area contributed by atoms with E-state index in [9.17, 15) is 9.59 Å². The first-order chi connectivity index (χ1) is 16.7. The minimum atomic E-state index is -0.207. The predicted octanol–water partition coefficient (Wildman–Crippen LogP) is 2.86. The first-order valence-corrected chi connectivity index (χ1v) is 12.5. The van der Waals surface area contributed by atoms with E-state index in [0.717, 1.165) is 64.2 Å². The zero-order chi connectivity index (χ0) is 23.6. The van der Waals surface area contributed by atoms with Crippen molar-refractivity contribution < 1.29 is 9.59 Å². The van der Waals surface area contributed by atoms with Gasteiger partial charge in [0.05, 0.1) is 6.04 Å². The van der Waals surface area contributed by atoms with Crippen LogP contribution in [0.4, 0.5) is 4.79 Å². The highest BCUT2D eigenvalue weighted by Crippen LogP contribution is 2.18. The Labute approximate surface area is 203 Å². The van der Waals surface area contributed by atoms with Crippen LogP contribution in [0.15, 0.2) is 60.7 Å². The van der Waals surface area contributed by atoms with E-state index >= 15 is 0 Å². The number of nitrogens with zero attached hydrogens (tertiary/aromatic N) is 3. The number of amides is 3. The number of nitrogens with one attached hydrogen (secondary N) is 2. The molecular formula is C27H37N5O2. The van der Waals surface area contributed by atoms with Crippen molar-refractivity contribution in [3.63, 3.8) is 0 Å². The largest absolute Gasteiger partial charge is 0.340 e. The fourth-order valence-electron chi connectivity index (χ4n) is 4.76. The standard InChI is InChI=1S/C27H37N5O2/c33-26-13-7-16-32(26)22-25(24-11-5-2-6-12-24)29-27(34)28-14-8-15-30-17-19-31(20-18-30)21-23-9-3-1-4-10-23/h1-6,9-12,25H,7-8,13-22H2,(H2,28,29,34). The first-order valence-electron chi connectivity index (χ1n) is 12.5. The number of carbonyl (C=O) groups excluding carboxylic acids is 2. The van der Waals surface area contributed by atoms with E-state index in [1.54, 1.807) is 0 Å². The molecule has 0 aliphatic carbocycles. The van der Waals surface area contributed by atoms with E-state index in [1.165, 1.54) is 5.56 Å². The lowest BCUT2D eigenvalue weighted by molar-refractivity contribution is -0.128. The summed E-state index contributed by atoms with van der Waals surface area (Å²) in [5.41, 5.74) is 2.39. The molecule has 2 heterocycles. The summed E-state index contributed by atoms with van der Waals surface area (Å²) in [6, 6.07) is 20.2. The van der Waals surface area contributed by atoms with Crippen molar-refractivity contribution in [3.8, 4) is 0 Å². The van der Waals surface area contributed by atoms with Crippen LogP contribution in [-0.2, 0) is 11.3 Å². The Balaban J connectivity index is 1.15. The zero-order valence-corrected chi connectivity index (χ0v) is 20.0. The third kappa shape index (κ3) is 7.30. The molecule has 2 aliphatic rings. The number of urea groups is 1. The molecule has 2 aromatic rings. The van der Waals surface area contributed by atoms with Crippen LogP contribution in [0.2, 0.25) is 0 Å². The second-order valence-corrected chi connectivity index (χ2v) is 9.26. The average molecular weight is 464 g/mol. The minimum absolute atomic E-state index is 0.173. The fraction of sp³-hybridized carbons (Fsp3) is 0.481. The minimum Gasteiger partial charge on any atom is -0.340 e. The van der Waals surface area contributed by atoms with Gasteiger partial charge in [0.25, 0.3) is 0 Å². The molecule has 1 unspecified atom stereocenters. The Morgan fingerprint density at radius 2 is 1.56 bits per heavy atom. The van der Waals surface area contributed by atoms with E-state index in [1.807, 2.05) is 35.2 Å². The second-order valence-electron chi connectivity index (χ2n) is 9.26. The van der Waals surface area contributed by atoms with Crippen molar-refractivity contribution in [2.75, 3.05) is 52.4 Å². The monoisotopic (exact) mass is 463 g/mol. The molecule has 7 nitrogen and oxygen atoms in total. The van der Waals surface area contributed by atoms with E-state index in [2.05, 4.69) is 50.8 Å². The summed E-state index contributed by atoms with van der Waals surface area (Å²) >= 11 is 0. The summed E-state index contributed by atoms with van der Waals surface area (Å²) in [6.45, 7) is 8.23. The molecule has 3 amide bonds. The molecule has 2 fully saturated rings. The molecule has 2 aliphatic heterocycles. The fourth-order valence-corrected chi connectivity index (χ4v) is 4.76. The third-order valence-electron chi connectivity index (χ3n) is 6.73. The Morgan fingerprint density at radius 1 is 0.882 bits per heavy atom. The van der Waals surface area contributed by atoms with Crippen molar-refractivity contribution in [1.29, 1.82) is 0 Å². The molecule has 4 rings (SSSR count). The highest BCUT2D eigenvalue weighted by Gasteiger charge is 2.25. The van der Waals surface area contributed by atoms with Crippen LogP contribution in [0, 0.1) is 0 Å². The summed E-state index contributed by atoms with van der Waals surface area (Å²) in [4.78, 5) is 31.5. The van der Waals surface area contributed by atoms with Crippen molar-refractivity contribution in [2.24, 2.45) is 0 Å². The lowest BCUT2D eigenvalue weighted by Crippen LogP contribution is -2.47. The van der Waals surface area contributed by atoms with Crippen molar-refractivity contribution in [2.45, 2.75) is 31.8 Å². The lowest BCUT2D eigenvalue weighted by Gasteiger charge is -2.34. The lowest BCUT2D eigenvalue weighted by atomic mass is 10.1. The SMILES string of the molecule is O=C(NCCCN1CCN(Cc2ccccc2)CC1)NC(CN1CCCC1=O)c1ccccc1. The van der Waals surface area contributed by atoms with Crippen molar-refractivity contribution in [3.05, 3.63) is 71.8 Å². The van der Waals surface area contributed by atoms with Crippen LogP contribution >= 0.6 is 0 Å². The van der Waals surface area contributed by atoms with Crippen LogP contribution in [0.1, 0.15) is 36.4 Å². The van der Waals surface area contributed by atoms with Gasteiger partial charge in [0, 0.05) is 58.8 Å². The van der Waals surface area contributed by atoms with Crippen LogP contribution in [0.25, 0.3) is 0 Å². The van der Waals surface area contributed by atoms with Gasteiger partial charge in [0.15, 0.2) is 0 Å². The molecule has 34 heavy (non-hydrogen) atoms. The van der Waals surface area contributed by atoms with Crippen LogP contribution in [0.3, 0.4) is 0 Å². The molecule has 2 N–H and O–H groups in total. The van der Waals surface area contributed by atoms with Crippen LogP contribution in [0.5, 0.6) is 0 Å². The van der Waals surface area contributed by atoms with Gasteiger partial charge >= 0.3 is 6.03 Å². The van der Waals surface area contributed by atoms with Gasteiger partial charge in [-0.25, -0.2) is 4.79 Å². The summed E-state index contributed by atoms with van der Waals surface area (Å²) in [6.07, 6.45) is 2.42. The van der Waals surface area contributed by atoms with E-state index in [4.69, 9.17) is 0 Å². The van der Waals surface area contributed by atoms with E-state index in [-0.39, 0.29) is 18.0 Å². The molecular weight excluding hydrogens is 426 g/mol. The zero-order valence-electron chi connectivity index (χ0n) is 20.0. The van der Waals surface area contributed by atoms with Gasteiger partial charge in [-0.2, -0.15) is 0 Å². The predicted molar refractivity (Wildman–Crippen MR) is 134 cm³/mol. The van der Waals surface area contributed by atoms with Crippen LogP contribution < -0.4 is 10.6 Å². The van der Waals surface area contributed by atoms with Crippen molar-refractivity contribution >= 4 is 11.9 Å². The normalized spacial score (nSPS) is 18.1. The Morgan fingerprint density at radius 3 is 2.24 bits per heavy atom. The smallest absolute Gasteiger partial charge is 0.315 e. The molecule has 2 saturated heterocycles. The summed E-state index contributed by atoms with van der Waals surface area (Å²) in [7, 11) is 0. The molecule has 0 bridgehead atoms. The Bertz CT molecular complexity index is 900. The summed E-state index contributed by atoms with van der Waals surface area (Å²) < 4.78 is 0. The van der Waals surface area contributed by atoms with Gasteiger partial charge in [0.2, 0.25) is 5.91 Å². The number of benzene rings is 2. The number of carbonyl (C=O) groups is 2. The van der Waals surface area contributed by atoms with E-state index < -0.39 is 0 Å².